The predicted molar refractivity (Wildman–Crippen MR) is 64.4 cm³/mol. The molecule has 0 aliphatic heterocycles. The van der Waals surface area contributed by atoms with Crippen molar-refractivity contribution in [2.45, 2.75) is 11.4 Å². The molecule has 0 amide bonds. The van der Waals surface area contributed by atoms with Crippen LogP contribution in [0.5, 0.6) is 0 Å². The van der Waals surface area contributed by atoms with Gasteiger partial charge in [0, 0.05) is 9.99 Å². The van der Waals surface area contributed by atoms with E-state index < -0.39 is 0 Å². The van der Waals surface area contributed by atoms with Crippen molar-refractivity contribution >= 4 is 22.6 Å². The Hall–Kier alpha value is -0.910. The van der Waals surface area contributed by atoms with Crippen molar-refractivity contribution in [2.75, 3.05) is 0 Å². The van der Waals surface area contributed by atoms with Crippen molar-refractivity contribution < 1.29 is 8.81 Å². The highest BCUT2D eigenvalue weighted by Gasteiger charge is 2.10. The molecular weight excluding hydrogens is 308 g/mol. The van der Waals surface area contributed by atoms with E-state index in [1.54, 1.807) is 12.1 Å². The largest absolute Gasteiger partial charge is 0.441 e. The van der Waals surface area contributed by atoms with E-state index in [9.17, 15) is 4.39 Å². The molecule has 0 unspecified atom stereocenters. The van der Waals surface area contributed by atoms with Gasteiger partial charge in [-0.05, 0) is 25.1 Å². The Labute approximate surface area is 101 Å². The van der Waals surface area contributed by atoms with Crippen LogP contribution in [0.4, 0.5) is 4.39 Å². The fourth-order valence-corrected chi connectivity index (χ4v) is 2.00. The van der Waals surface area contributed by atoms with Crippen molar-refractivity contribution in [3.63, 3.8) is 0 Å². The lowest BCUT2D eigenvalue weighted by molar-refractivity contribution is 0.539. The van der Waals surface area contributed by atoms with E-state index in [1.807, 2.05) is 6.92 Å². The van der Waals surface area contributed by atoms with Gasteiger partial charge in [0.15, 0.2) is 0 Å². The molecule has 2 nitrogen and oxygen atoms in total. The third kappa shape index (κ3) is 2.19. The average Bonchev–Trinajstić information content (AvgIpc) is 2.60. The Morgan fingerprint density at radius 3 is 2.87 bits per heavy atom. The number of hydrogen-bond acceptors (Lipinski definition) is 2. The van der Waals surface area contributed by atoms with Gasteiger partial charge in [-0.3, -0.25) is 0 Å². The van der Waals surface area contributed by atoms with Gasteiger partial charge in [0.05, 0.1) is 5.69 Å². The van der Waals surface area contributed by atoms with Gasteiger partial charge >= 0.3 is 0 Å². The molecule has 15 heavy (non-hydrogen) atoms. The summed E-state index contributed by atoms with van der Waals surface area (Å²) in [7, 11) is 0. The second-order valence-corrected chi connectivity index (χ2v) is 3.93. The van der Waals surface area contributed by atoms with Crippen LogP contribution in [0.15, 0.2) is 28.7 Å². The molecule has 1 aromatic carbocycles. The van der Waals surface area contributed by atoms with Crippen LogP contribution >= 0.6 is 22.6 Å². The van der Waals surface area contributed by atoms with Crippen LogP contribution in [-0.2, 0) is 4.43 Å². The Morgan fingerprint density at radius 2 is 2.27 bits per heavy atom. The van der Waals surface area contributed by atoms with Gasteiger partial charge in [0.1, 0.15) is 11.6 Å². The predicted octanol–water partition coefficient (Wildman–Crippen LogP) is 3.72. The summed E-state index contributed by atoms with van der Waals surface area (Å²) in [5.41, 5.74) is 1.59. The molecule has 4 heteroatoms. The molecule has 1 heterocycles. The van der Waals surface area contributed by atoms with E-state index in [2.05, 4.69) is 27.6 Å². The number of aryl methyl sites for hydroxylation is 1. The lowest BCUT2D eigenvalue weighted by Crippen LogP contribution is -1.81. The molecule has 0 saturated heterocycles. The summed E-state index contributed by atoms with van der Waals surface area (Å²) >= 11 is 2.22. The highest BCUT2D eigenvalue weighted by Crippen LogP contribution is 2.23. The monoisotopic (exact) mass is 317 g/mol. The normalized spacial score (nSPS) is 10.6. The maximum atomic E-state index is 13.0. The highest BCUT2D eigenvalue weighted by molar-refractivity contribution is 14.1. The smallest absolute Gasteiger partial charge is 0.226 e. The van der Waals surface area contributed by atoms with Crippen LogP contribution in [0.1, 0.15) is 11.5 Å². The summed E-state index contributed by atoms with van der Waals surface area (Å²) in [5, 5.41) is 0. The number of oxazole rings is 1. The van der Waals surface area contributed by atoms with Gasteiger partial charge in [-0.1, -0.05) is 28.7 Å². The fourth-order valence-electron chi connectivity index (χ4n) is 1.30. The number of hydrogen-bond donors (Lipinski definition) is 0. The van der Waals surface area contributed by atoms with Crippen molar-refractivity contribution in [2.24, 2.45) is 0 Å². The molecule has 0 N–H and O–H groups in total. The first-order chi connectivity index (χ1) is 7.20. The molecule has 0 aliphatic carbocycles. The first-order valence-corrected chi connectivity index (χ1v) is 6.01. The van der Waals surface area contributed by atoms with Gasteiger partial charge in [-0.2, -0.15) is 0 Å². The molecule has 0 radical (unpaired) electrons. The van der Waals surface area contributed by atoms with Crippen molar-refractivity contribution in [1.82, 2.24) is 4.98 Å². The minimum Gasteiger partial charge on any atom is -0.441 e. The molecular formula is C11H9FINO. The summed E-state index contributed by atoms with van der Waals surface area (Å²) in [6, 6.07) is 6.25. The summed E-state index contributed by atoms with van der Waals surface area (Å²) in [6.45, 7) is 1.86. The molecule has 0 saturated carbocycles. The first kappa shape index (κ1) is 10.6. The number of alkyl halides is 1. The molecule has 0 spiro atoms. The Balaban J connectivity index is 2.45. The van der Waals surface area contributed by atoms with Crippen LogP contribution in [0.3, 0.4) is 0 Å². The Kier molecular flexibility index (Phi) is 3.04. The zero-order valence-corrected chi connectivity index (χ0v) is 10.3. The number of aromatic nitrogens is 1. The van der Waals surface area contributed by atoms with Crippen LogP contribution in [0.25, 0.3) is 11.5 Å². The minimum atomic E-state index is -0.278. The Bertz CT molecular complexity index is 481. The second kappa shape index (κ2) is 4.30. The zero-order valence-electron chi connectivity index (χ0n) is 8.13. The lowest BCUT2D eigenvalue weighted by atomic mass is 10.2. The molecule has 0 fully saturated rings. The molecule has 1 aromatic heterocycles. The van der Waals surface area contributed by atoms with Gasteiger partial charge in [-0.15, -0.1) is 0 Å². The molecule has 2 aromatic rings. The zero-order chi connectivity index (χ0) is 10.8. The highest BCUT2D eigenvalue weighted by atomic mass is 127. The molecule has 0 aliphatic rings. The lowest BCUT2D eigenvalue weighted by Gasteiger charge is -1.94. The fraction of sp³-hybridized carbons (Fsp3) is 0.182. The first-order valence-electron chi connectivity index (χ1n) is 4.49. The van der Waals surface area contributed by atoms with Gasteiger partial charge in [-0.25, -0.2) is 9.37 Å². The third-order valence-corrected chi connectivity index (χ3v) is 2.81. The Morgan fingerprint density at radius 1 is 1.47 bits per heavy atom. The van der Waals surface area contributed by atoms with Crippen molar-refractivity contribution in [3.8, 4) is 11.5 Å². The topological polar surface area (TPSA) is 26.0 Å². The molecule has 0 bridgehead atoms. The van der Waals surface area contributed by atoms with Crippen molar-refractivity contribution in [3.05, 3.63) is 41.5 Å². The second-order valence-electron chi connectivity index (χ2n) is 3.17. The maximum absolute atomic E-state index is 13.0. The summed E-state index contributed by atoms with van der Waals surface area (Å²) in [5.74, 6) is 1.00. The summed E-state index contributed by atoms with van der Waals surface area (Å²) in [6.07, 6.45) is 0. The maximum Gasteiger partial charge on any atom is 0.226 e. The van der Waals surface area contributed by atoms with E-state index >= 15 is 0 Å². The summed E-state index contributed by atoms with van der Waals surface area (Å²) < 4.78 is 19.2. The average molecular weight is 317 g/mol. The van der Waals surface area contributed by atoms with Gasteiger partial charge in [0.25, 0.3) is 0 Å². The standard InChI is InChI=1S/C11H9FINO/c1-7-10(6-13)14-11(15-7)8-3-2-4-9(12)5-8/h2-5H,6H2,1H3. The van der Waals surface area contributed by atoms with Crippen molar-refractivity contribution in [1.29, 1.82) is 0 Å². The van der Waals surface area contributed by atoms with E-state index in [0.717, 1.165) is 15.9 Å². The molecule has 2 rings (SSSR count). The van der Waals surface area contributed by atoms with E-state index in [1.165, 1.54) is 12.1 Å². The van der Waals surface area contributed by atoms with Gasteiger partial charge in [0.2, 0.25) is 5.89 Å². The van der Waals surface area contributed by atoms with Crippen LogP contribution in [0.2, 0.25) is 0 Å². The number of rotatable bonds is 2. The van der Waals surface area contributed by atoms with E-state index in [4.69, 9.17) is 4.42 Å². The summed E-state index contributed by atoms with van der Waals surface area (Å²) in [4.78, 5) is 4.30. The minimum absolute atomic E-state index is 0.278. The third-order valence-electron chi connectivity index (χ3n) is 2.09. The van der Waals surface area contributed by atoms with Gasteiger partial charge < -0.3 is 4.42 Å². The van der Waals surface area contributed by atoms with E-state index in [0.29, 0.717) is 11.5 Å². The molecule has 0 atom stereocenters. The number of benzene rings is 1. The quantitative estimate of drug-likeness (QED) is 0.623. The number of nitrogens with zero attached hydrogens (tertiary/aromatic N) is 1. The van der Waals surface area contributed by atoms with E-state index in [-0.39, 0.29) is 5.82 Å². The van der Waals surface area contributed by atoms with Crippen LogP contribution in [0, 0.1) is 12.7 Å². The van der Waals surface area contributed by atoms with Crippen LogP contribution < -0.4 is 0 Å². The van der Waals surface area contributed by atoms with Crippen LogP contribution in [-0.4, -0.2) is 4.98 Å². The molecule has 78 valence electrons. The number of halogens is 2. The SMILES string of the molecule is Cc1oc(-c2cccc(F)c2)nc1CI.